The molecule has 2 N–H and O–H groups in total. The number of phenolic OH excluding ortho intramolecular Hbond substituents is 1. The van der Waals surface area contributed by atoms with E-state index in [1.807, 2.05) is 0 Å². The lowest BCUT2D eigenvalue weighted by atomic mass is 9.83. The van der Waals surface area contributed by atoms with E-state index in [0.29, 0.717) is 11.4 Å². The van der Waals surface area contributed by atoms with Gasteiger partial charge in [-0.2, -0.15) is 12.6 Å². The molecule has 0 atom stereocenters. The quantitative estimate of drug-likeness (QED) is 0.260. The number of phenols is 1. The first kappa shape index (κ1) is 26.2. The smallest absolute Gasteiger partial charge is 0.143 e. The van der Waals surface area contributed by atoms with E-state index in [2.05, 4.69) is 135 Å². The van der Waals surface area contributed by atoms with Gasteiger partial charge in [0.05, 0.1) is 5.69 Å². The molecular formula is C31H41NOS. The lowest BCUT2D eigenvalue weighted by Gasteiger charge is -2.25. The third kappa shape index (κ3) is 5.81. The Morgan fingerprint density at radius 3 is 1.82 bits per heavy atom. The van der Waals surface area contributed by atoms with Crippen LogP contribution < -0.4 is 5.32 Å². The molecule has 0 aliphatic carbocycles. The van der Waals surface area contributed by atoms with Gasteiger partial charge in [-0.25, -0.2) is 0 Å². The summed E-state index contributed by atoms with van der Waals surface area (Å²) in [6, 6.07) is 19.5. The van der Waals surface area contributed by atoms with Crippen LogP contribution in [0.3, 0.4) is 0 Å². The van der Waals surface area contributed by atoms with Gasteiger partial charge < -0.3 is 10.4 Å². The SMILES string of the molecule is CC(C)(C)c1cccc(-c2cc(C(C)(C)C)ccc2Nc2cc(C(C)(C)C)cc(CS)c2O)c1. The average molecular weight is 476 g/mol. The van der Waals surface area contributed by atoms with E-state index in [1.165, 1.54) is 22.3 Å². The lowest BCUT2D eigenvalue weighted by molar-refractivity contribution is 0.472. The second-order valence-electron chi connectivity index (χ2n) is 12.4. The van der Waals surface area contributed by atoms with Gasteiger partial charge in [-0.1, -0.05) is 98.7 Å². The summed E-state index contributed by atoms with van der Waals surface area (Å²) in [5, 5.41) is 14.6. The fraction of sp³-hybridized carbons (Fsp3) is 0.419. The predicted molar refractivity (Wildman–Crippen MR) is 152 cm³/mol. The molecule has 0 radical (unpaired) electrons. The highest BCUT2D eigenvalue weighted by Crippen LogP contribution is 2.41. The first-order valence-electron chi connectivity index (χ1n) is 12.1. The Balaban J connectivity index is 2.21. The van der Waals surface area contributed by atoms with Crippen LogP contribution in [0.4, 0.5) is 11.4 Å². The van der Waals surface area contributed by atoms with Crippen LogP contribution in [-0.2, 0) is 22.0 Å². The summed E-state index contributed by atoms with van der Waals surface area (Å²) in [4.78, 5) is 0. The van der Waals surface area contributed by atoms with Crippen LogP contribution in [0.1, 0.15) is 84.6 Å². The van der Waals surface area contributed by atoms with E-state index in [4.69, 9.17) is 0 Å². The van der Waals surface area contributed by atoms with E-state index in [1.54, 1.807) is 0 Å². The Hall–Kier alpha value is -2.39. The number of benzene rings is 3. The normalized spacial score (nSPS) is 12.6. The van der Waals surface area contributed by atoms with Crippen molar-refractivity contribution in [2.75, 3.05) is 5.32 Å². The first-order chi connectivity index (χ1) is 15.6. The molecule has 0 amide bonds. The van der Waals surface area contributed by atoms with Crippen molar-refractivity contribution >= 4 is 24.0 Å². The van der Waals surface area contributed by atoms with Crippen LogP contribution in [0.15, 0.2) is 54.6 Å². The number of thiol groups is 1. The van der Waals surface area contributed by atoms with E-state index in [-0.39, 0.29) is 22.0 Å². The number of aromatic hydroxyl groups is 1. The third-order valence-corrected chi connectivity index (χ3v) is 6.76. The number of hydrogen-bond donors (Lipinski definition) is 3. The largest absolute Gasteiger partial charge is 0.505 e. The maximum Gasteiger partial charge on any atom is 0.143 e. The molecule has 0 spiro atoms. The standard InChI is InChI=1S/C31H41NOS/c1-29(2,3)22-12-10-11-20(15-22)25-17-23(30(4,5)6)13-14-26(25)32-27-18-24(31(7,8)9)16-21(19-34)28(27)33/h10-18,32-34H,19H2,1-9H3. The van der Waals surface area contributed by atoms with Gasteiger partial charge in [0.15, 0.2) is 0 Å². The molecular weight excluding hydrogens is 434 g/mol. The molecule has 0 fully saturated rings. The lowest BCUT2D eigenvalue weighted by Crippen LogP contribution is -2.13. The molecule has 0 heterocycles. The zero-order chi connectivity index (χ0) is 25.5. The van der Waals surface area contributed by atoms with Gasteiger partial charge in [-0.05, 0) is 56.7 Å². The molecule has 0 aliphatic rings. The van der Waals surface area contributed by atoms with Gasteiger partial charge in [-0.15, -0.1) is 0 Å². The molecule has 2 nitrogen and oxygen atoms in total. The van der Waals surface area contributed by atoms with E-state index in [9.17, 15) is 5.11 Å². The fourth-order valence-electron chi connectivity index (χ4n) is 4.00. The fourth-order valence-corrected chi connectivity index (χ4v) is 4.24. The van der Waals surface area contributed by atoms with Crippen molar-refractivity contribution in [1.29, 1.82) is 0 Å². The number of anilines is 2. The molecule has 0 saturated heterocycles. The minimum Gasteiger partial charge on any atom is -0.505 e. The van der Waals surface area contributed by atoms with Crippen LogP contribution >= 0.6 is 12.6 Å². The summed E-state index contributed by atoms with van der Waals surface area (Å²) >= 11 is 4.47. The summed E-state index contributed by atoms with van der Waals surface area (Å²) in [5.41, 5.74) is 8.62. The number of nitrogens with one attached hydrogen (secondary N) is 1. The first-order valence-corrected chi connectivity index (χ1v) is 12.7. The highest BCUT2D eigenvalue weighted by molar-refractivity contribution is 7.79. The van der Waals surface area contributed by atoms with Crippen LogP contribution in [0.2, 0.25) is 0 Å². The maximum atomic E-state index is 11.0. The molecule has 34 heavy (non-hydrogen) atoms. The van der Waals surface area contributed by atoms with E-state index >= 15 is 0 Å². The van der Waals surface area contributed by atoms with Gasteiger partial charge in [0.1, 0.15) is 5.75 Å². The van der Waals surface area contributed by atoms with Crippen LogP contribution in [0.25, 0.3) is 11.1 Å². The summed E-state index contributed by atoms with van der Waals surface area (Å²) in [6.07, 6.45) is 0. The average Bonchev–Trinajstić information content (AvgIpc) is 2.73. The van der Waals surface area contributed by atoms with E-state index < -0.39 is 0 Å². The van der Waals surface area contributed by atoms with Gasteiger partial charge in [0, 0.05) is 22.6 Å². The predicted octanol–water partition coefficient (Wildman–Crippen LogP) is 9.13. The number of hydrogen-bond acceptors (Lipinski definition) is 3. The van der Waals surface area contributed by atoms with Gasteiger partial charge >= 0.3 is 0 Å². The zero-order valence-corrected chi connectivity index (χ0v) is 23.2. The van der Waals surface area contributed by atoms with E-state index in [0.717, 1.165) is 16.8 Å². The topological polar surface area (TPSA) is 32.3 Å². The Kier molecular flexibility index (Phi) is 7.20. The zero-order valence-electron chi connectivity index (χ0n) is 22.3. The second-order valence-corrected chi connectivity index (χ2v) is 12.7. The van der Waals surface area contributed by atoms with Gasteiger partial charge in [-0.3, -0.25) is 0 Å². The molecule has 3 heteroatoms. The minimum absolute atomic E-state index is 0.0302. The van der Waals surface area contributed by atoms with Gasteiger partial charge in [0.25, 0.3) is 0 Å². The Morgan fingerprint density at radius 1 is 0.676 bits per heavy atom. The summed E-state index contributed by atoms with van der Waals surface area (Å²) in [6.45, 7) is 20.0. The number of rotatable bonds is 4. The van der Waals surface area contributed by atoms with Crippen molar-refractivity contribution in [3.8, 4) is 16.9 Å². The van der Waals surface area contributed by atoms with Crippen LogP contribution in [-0.4, -0.2) is 5.11 Å². The molecule has 3 rings (SSSR count). The highest BCUT2D eigenvalue weighted by Gasteiger charge is 2.21. The summed E-state index contributed by atoms with van der Waals surface area (Å²) in [5.74, 6) is 0.741. The van der Waals surface area contributed by atoms with Crippen molar-refractivity contribution in [3.63, 3.8) is 0 Å². The minimum atomic E-state index is -0.0399. The molecule has 0 saturated carbocycles. The molecule has 0 aliphatic heterocycles. The third-order valence-electron chi connectivity index (χ3n) is 6.42. The monoisotopic (exact) mass is 475 g/mol. The maximum absolute atomic E-state index is 11.0. The summed E-state index contributed by atoms with van der Waals surface area (Å²) in [7, 11) is 0. The molecule has 0 bridgehead atoms. The molecule has 0 aromatic heterocycles. The Bertz CT molecular complexity index is 1170. The Labute approximate surface area is 212 Å². The van der Waals surface area contributed by atoms with Crippen molar-refractivity contribution in [2.45, 2.75) is 84.3 Å². The van der Waals surface area contributed by atoms with Gasteiger partial charge in [0.2, 0.25) is 0 Å². The van der Waals surface area contributed by atoms with Crippen LogP contribution in [0.5, 0.6) is 5.75 Å². The van der Waals surface area contributed by atoms with Crippen molar-refractivity contribution < 1.29 is 5.11 Å². The summed E-state index contributed by atoms with van der Waals surface area (Å²) < 4.78 is 0. The molecule has 3 aromatic carbocycles. The van der Waals surface area contributed by atoms with Crippen molar-refractivity contribution in [2.24, 2.45) is 0 Å². The molecule has 182 valence electrons. The molecule has 0 unspecified atom stereocenters. The van der Waals surface area contributed by atoms with Crippen LogP contribution in [0, 0.1) is 0 Å². The molecule has 3 aromatic rings. The Morgan fingerprint density at radius 2 is 1.26 bits per heavy atom. The van der Waals surface area contributed by atoms with Crippen molar-refractivity contribution in [3.05, 3.63) is 76.9 Å². The second kappa shape index (κ2) is 9.34. The highest BCUT2D eigenvalue weighted by atomic mass is 32.1. The van der Waals surface area contributed by atoms with Crippen molar-refractivity contribution in [1.82, 2.24) is 0 Å².